The lowest BCUT2D eigenvalue weighted by Crippen LogP contribution is -2.30. The molecule has 0 saturated carbocycles. The van der Waals surface area contributed by atoms with E-state index in [1.165, 1.54) is 18.3 Å². The first-order valence-electron chi connectivity index (χ1n) is 8.74. The van der Waals surface area contributed by atoms with Crippen molar-refractivity contribution in [1.29, 1.82) is 0 Å². The van der Waals surface area contributed by atoms with Gasteiger partial charge < -0.3 is 13.8 Å². The molecule has 1 fully saturated rings. The molecule has 1 saturated heterocycles. The number of hydrogen-bond acceptors (Lipinski definition) is 6. The highest BCUT2D eigenvalue weighted by atomic mass is 32.2. The molecule has 1 aliphatic rings. The lowest BCUT2D eigenvalue weighted by atomic mass is 10.1. The third kappa shape index (κ3) is 6.86. The van der Waals surface area contributed by atoms with E-state index in [-0.39, 0.29) is 6.10 Å². The normalized spacial score (nSPS) is 18.6. The summed E-state index contributed by atoms with van der Waals surface area (Å²) in [5.41, 5.74) is -4.51. The van der Waals surface area contributed by atoms with Gasteiger partial charge in [-0.25, -0.2) is 4.99 Å². The molecule has 0 N–H and O–H groups in total. The number of allylic oxidation sites excluding steroid dienone is 1. The zero-order chi connectivity index (χ0) is 21.5. The van der Waals surface area contributed by atoms with Crippen molar-refractivity contribution in [1.82, 2.24) is 4.90 Å². The van der Waals surface area contributed by atoms with E-state index >= 15 is 0 Å². The van der Waals surface area contributed by atoms with E-state index in [0.29, 0.717) is 30.7 Å². The first kappa shape index (κ1) is 22.9. The van der Waals surface area contributed by atoms with Crippen molar-refractivity contribution in [3.8, 4) is 5.75 Å². The molecule has 7 nitrogen and oxygen atoms in total. The quantitative estimate of drug-likeness (QED) is 0.271. The first-order valence-corrected chi connectivity index (χ1v) is 10.1. The van der Waals surface area contributed by atoms with Gasteiger partial charge in [0.15, 0.2) is 0 Å². The summed E-state index contributed by atoms with van der Waals surface area (Å²) in [6.45, 7) is 1.33. The standard InChI is InChI=1S/C18H21F3N2O5S/c1-23(12-17-4-2-3-9-27-17)11-15(10-22-13-24)14-5-7-16(8-6-14)28-29(25,26)18(19,20)21/h5-8,10-11,13,17H,2-4,9,12H2,1H3/b15-11+,22-10-. The van der Waals surface area contributed by atoms with E-state index in [9.17, 15) is 26.4 Å². The van der Waals surface area contributed by atoms with Gasteiger partial charge >= 0.3 is 15.6 Å². The number of nitrogens with zero attached hydrogens (tertiary/aromatic N) is 2. The van der Waals surface area contributed by atoms with Crippen molar-refractivity contribution in [2.75, 3.05) is 20.2 Å². The highest BCUT2D eigenvalue weighted by Crippen LogP contribution is 2.27. The maximum atomic E-state index is 12.4. The molecule has 1 aromatic carbocycles. The molecule has 11 heteroatoms. The molecule has 160 valence electrons. The fourth-order valence-corrected chi connectivity index (χ4v) is 3.19. The molecule has 1 unspecified atom stereocenters. The van der Waals surface area contributed by atoms with Crippen LogP contribution in [0.3, 0.4) is 0 Å². The molecule has 0 spiro atoms. The van der Waals surface area contributed by atoms with Crippen LogP contribution >= 0.6 is 0 Å². The second kappa shape index (κ2) is 9.88. The first-order chi connectivity index (χ1) is 13.6. The largest absolute Gasteiger partial charge is 0.534 e. The molecule has 1 aliphatic heterocycles. The van der Waals surface area contributed by atoms with Crippen LogP contribution in [-0.4, -0.2) is 57.8 Å². The van der Waals surface area contributed by atoms with Gasteiger partial charge in [-0.15, -0.1) is 0 Å². The van der Waals surface area contributed by atoms with Gasteiger partial charge in [0.1, 0.15) is 5.75 Å². The number of likely N-dealkylation sites (N-methyl/N-ethyl adjacent to an activating group) is 1. The number of amides is 1. The summed E-state index contributed by atoms with van der Waals surface area (Å²) in [6.07, 6.45) is 6.51. The number of ether oxygens (including phenoxy) is 1. The zero-order valence-electron chi connectivity index (χ0n) is 15.6. The van der Waals surface area contributed by atoms with Crippen LogP contribution in [0.2, 0.25) is 0 Å². The van der Waals surface area contributed by atoms with E-state index in [4.69, 9.17) is 4.74 Å². The Bertz CT molecular complexity index is 845. The van der Waals surface area contributed by atoms with Crippen molar-refractivity contribution in [2.45, 2.75) is 30.9 Å². The Morgan fingerprint density at radius 2 is 2.00 bits per heavy atom. The molecule has 0 radical (unpaired) electrons. The molecular formula is C18H21F3N2O5S. The van der Waals surface area contributed by atoms with Crippen LogP contribution in [0, 0.1) is 0 Å². The number of alkyl halides is 3. The second-order valence-electron chi connectivity index (χ2n) is 6.40. The predicted octanol–water partition coefficient (Wildman–Crippen LogP) is 2.98. The molecule has 1 amide bonds. The number of benzene rings is 1. The van der Waals surface area contributed by atoms with Gasteiger partial charge in [0, 0.05) is 38.2 Å². The summed E-state index contributed by atoms with van der Waals surface area (Å²) in [4.78, 5) is 16.0. The maximum absolute atomic E-state index is 12.4. The van der Waals surface area contributed by atoms with Crippen LogP contribution in [0.5, 0.6) is 5.75 Å². The van der Waals surface area contributed by atoms with E-state index in [1.807, 2.05) is 11.9 Å². The average molecular weight is 434 g/mol. The Hall–Kier alpha value is -2.40. The van der Waals surface area contributed by atoms with E-state index in [2.05, 4.69) is 9.18 Å². The number of carbonyl (C=O) groups excluding carboxylic acids is 1. The van der Waals surface area contributed by atoms with E-state index < -0.39 is 21.4 Å². The topological polar surface area (TPSA) is 85.3 Å². The third-order valence-corrected chi connectivity index (χ3v) is 5.06. The lowest BCUT2D eigenvalue weighted by Gasteiger charge is -2.27. The van der Waals surface area contributed by atoms with Gasteiger partial charge in [0.05, 0.1) is 6.10 Å². The summed E-state index contributed by atoms with van der Waals surface area (Å²) >= 11 is 0. The predicted molar refractivity (Wildman–Crippen MR) is 101 cm³/mol. The number of aliphatic imine (C=N–C) groups is 1. The van der Waals surface area contributed by atoms with Gasteiger partial charge in [-0.3, -0.25) is 4.79 Å². The van der Waals surface area contributed by atoms with E-state index in [0.717, 1.165) is 31.4 Å². The Kier molecular flexibility index (Phi) is 7.80. The van der Waals surface area contributed by atoms with Crippen LogP contribution in [-0.2, 0) is 19.6 Å². The Morgan fingerprint density at radius 1 is 1.31 bits per heavy atom. The molecule has 1 atom stereocenters. The van der Waals surface area contributed by atoms with Crippen molar-refractivity contribution in [3.05, 3.63) is 36.0 Å². The van der Waals surface area contributed by atoms with Crippen LogP contribution in [0.1, 0.15) is 24.8 Å². The Balaban J connectivity index is 2.17. The van der Waals surface area contributed by atoms with Crippen LogP contribution in [0.25, 0.3) is 5.57 Å². The molecule has 29 heavy (non-hydrogen) atoms. The molecule has 1 heterocycles. The van der Waals surface area contributed by atoms with Crippen LogP contribution < -0.4 is 4.18 Å². The summed E-state index contributed by atoms with van der Waals surface area (Å²) in [5, 5.41) is 0. The molecule has 0 aromatic heterocycles. The van der Waals surface area contributed by atoms with Gasteiger partial charge in [-0.1, -0.05) is 12.1 Å². The summed E-state index contributed by atoms with van der Waals surface area (Å²) in [6, 6.07) is 4.92. The third-order valence-electron chi connectivity index (χ3n) is 4.08. The fourth-order valence-electron chi connectivity index (χ4n) is 2.73. The van der Waals surface area contributed by atoms with Gasteiger partial charge in [0.2, 0.25) is 6.41 Å². The lowest BCUT2D eigenvalue weighted by molar-refractivity contribution is -0.106. The minimum atomic E-state index is -5.74. The Labute approximate surface area is 166 Å². The number of carbonyl (C=O) groups is 1. The zero-order valence-corrected chi connectivity index (χ0v) is 16.4. The number of hydrogen-bond donors (Lipinski definition) is 0. The monoisotopic (exact) mass is 434 g/mol. The smallest absolute Gasteiger partial charge is 0.377 e. The average Bonchev–Trinajstić information content (AvgIpc) is 2.65. The van der Waals surface area contributed by atoms with Crippen molar-refractivity contribution in [3.63, 3.8) is 0 Å². The van der Waals surface area contributed by atoms with Gasteiger partial charge in [0.25, 0.3) is 0 Å². The van der Waals surface area contributed by atoms with Crippen LogP contribution in [0.4, 0.5) is 13.2 Å². The van der Waals surface area contributed by atoms with Crippen molar-refractivity contribution < 1.29 is 35.3 Å². The summed E-state index contributed by atoms with van der Waals surface area (Å²) in [5.74, 6) is -0.485. The van der Waals surface area contributed by atoms with Gasteiger partial charge in [-0.05, 0) is 37.0 Å². The molecular weight excluding hydrogens is 413 g/mol. The molecule has 1 aromatic rings. The number of halogens is 3. The fraction of sp³-hybridized carbons (Fsp3) is 0.444. The van der Waals surface area contributed by atoms with Gasteiger partial charge in [-0.2, -0.15) is 21.6 Å². The highest BCUT2D eigenvalue weighted by Gasteiger charge is 2.48. The minimum absolute atomic E-state index is 0.0811. The molecule has 2 rings (SSSR count). The second-order valence-corrected chi connectivity index (χ2v) is 7.94. The highest BCUT2D eigenvalue weighted by molar-refractivity contribution is 7.88. The SMILES string of the molecule is CN(/C=C(\C=N/C=O)c1ccc(OS(=O)(=O)C(F)(F)F)cc1)CC1CCCCO1. The van der Waals surface area contributed by atoms with Crippen molar-refractivity contribution in [2.24, 2.45) is 4.99 Å². The maximum Gasteiger partial charge on any atom is 0.534 e. The summed E-state index contributed by atoms with van der Waals surface area (Å²) in [7, 11) is -3.92. The molecule has 0 bridgehead atoms. The molecule has 0 aliphatic carbocycles. The number of rotatable bonds is 8. The van der Waals surface area contributed by atoms with Crippen molar-refractivity contribution >= 4 is 28.3 Å². The minimum Gasteiger partial charge on any atom is -0.377 e. The Morgan fingerprint density at radius 3 is 2.55 bits per heavy atom. The van der Waals surface area contributed by atoms with E-state index in [1.54, 1.807) is 6.20 Å². The van der Waals surface area contributed by atoms with Crippen LogP contribution in [0.15, 0.2) is 35.5 Å². The summed E-state index contributed by atoms with van der Waals surface area (Å²) < 4.78 is 69.2.